The zero-order valence-corrected chi connectivity index (χ0v) is 12.8. The number of ether oxygens (including phenoxy) is 1. The van der Waals surface area contributed by atoms with Gasteiger partial charge in [0.2, 0.25) is 0 Å². The number of hydrogen-bond acceptors (Lipinski definition) is 4. The summed E-state index contributed by atoms with van der Waals surface area (Å²) in [5, 5.41) is 7.68. The third-order valence-electron chi connectivity index (χ3n) is 2.90. The molecular formula is C13H17BrN4O. The van der Waals surface area contributed by atoms with E-state index in [2.05, 4.69) is 26.3 Å². The van der Waals surface area contributed by atoms with Gasteiger partial charge in [-0.25, -0.2) is 4.68 Å². The average Bonchev–Trinajstić information content (AvgIpc) is 2.68. The average molecular weight is 325 g/mol. The molecule has 0 radical (unpaired) electrons. The second kappa shape index (κ2) is 5.52. The van der Waals surface area contributed by atoms with Crippen LogP contribution in [-0.4, -0.2) is 16.9 Å². The summed E-state index contributed by atoms with van der Waals surface area (Å²) in [5.74, 6) is 1.58. The van der Waals surface area contributed by atoms with Crippen LogP contribution >= 0.6 is 15.9 Å². The summed E-state index contributed by atoms with van der Waals surface area (Å²) >= 11 is 3.51. The number of aromatic nitrogens is 2. The first kappa shape index (κ1) is 13.7. The van der Waals surface area contributed by atoms with E-state index in [1.807, 2.05) is 36.7 Å². The number of nitrogens with one attached hydrogen (secondary N) is 1. The third-order valence-corrected chi connectivity index (χ3v) is 3.59. The van der Waals surface area contributed by atoms with Crippen molar-refractivity contribution in [1.29, 1.82) is 0 Å². The number of methoxy groups -OCH3 is 1. The highest BCUT2D eigenvalue weighted by atomic mass is 79.9. The Kier molecular flexibility index (Phi) is 3.99. The standard InChI is InChI=1S/C13H17BrN4O/c1-4-18-13(12(15)8(2)17-18)16-11-7-9(19-3)5-6-10(11)14/h5-7,16H,4,15H2,1-3H3. The number of nitrogens with two attached hydrogens (primary N) is 1. The van der Waals surface area contributed by atoms with E-state index in [-0.39, 0.29) is 0 Å². The summed E-state index contributed by atoms with van der Waals surface area (Å²) in [6.45, 7) is 4.67. The molecule has 19 heavy (non-hydrogen) atoms. The number of benzene rings is 1. The maximum absolute atomic E-state index is 6.06. The van der Waals surface area contributed by atoms with Crippen molar-refractivity contribution in [3.63, 3.8) is 0 Å². The van der Waals surface area contributed by atoms with E-state index < -0.39 is 0 Å². The zero-order chi connectivity index (χ0) is 14.0. The number of aryl methyl sites for hydroxylation is 2. The van der Waals surface area contributed by atoms with Gasteiger partial charge >= 0.3 is 0 Å². The van der Waals surface area contributed by atoms with Crippen LogP contribution in [0.15, 0.2) is 22.7 Å². The van der Waals surface area contributed by atoms with Gasteiger partial charge in [-0.1, -0.05) is 0 Å². The maximum Gasteiger partial charge on any atom is 0.152 e. The van der Waals surface area contributed by atoms with Crippen LogP contribution in [0.25, 0.3) is 0 Å². The van der Waals surface area contributed by atoms with Crippen molar-refractivity contribution in [2.45, 2.75) is 20.4 Å². The first-order chi connectivity index (χ1) is 9.06. The number of nitrogens with zero attached hydrogens (tertiary/aromatic N) is 2. The molecule has 3 N–H and O–H groups in total. The Hall–Kier alpha value is -1.69. The molecule has 0 fully saturated rings. The smallest absolute Gasteiger partial charge is 0.152 e. The highest BCUT2D eigenvalue weighted by Crippen LogP contribution is 2.32. The summed E-state index contributed by atoms with van der Waals surface area (Å²) in [6, 6.07) is 5.73. The molecule has 0 aliphatic carbocycles. The molecule has 0 saturated heterocycles. The van der Waals surface area contributed by atoms with Crippen molar-refractivity contribution >= 4 is 33.1 Å². The van der Waals surface area contributed by atoms with Crippen molar-refractivity contribution in [2.75, 3.05) is 18.2 Å². The normalized spacial score (nSPS) is 10.5. The van der Waals surface area contributed by atoms with Gasteiger partial charge in [0.25, 0.3) is 0 Å². The first-order valence-electron chi connectivity index (χ1n) is 6.00. The molecule has 2 rings (SSSR count). The van der Waals surface area contributed by atoms with E-state index in [0.717, 1.165) is 34.0 Å². The molecule has 2 aromatic rings. The van der Waals surface area contributed by atoms with Gasteiger partial charge in [-0.2, -0.15) is 5.10 Å². The molecule has 0 atom stereocenters. The van der Waals surface area contributed by atoms with Crippen LogP contribution < -0.4 is 15.8 Å². The molecule has 0 unspecified atom stereocenters. The minimum Gasteiger partial charge on any atom is -0.497 e. The van der Waals surface area contributed by atoms with Gasteiger partial charge in [-0.15, -0.1) is 0 Å². The van der Waals surface area contributed by atoms with E-state index in [4.69, 9.17) is 10.5 Å². The largest absolute Gasteiger partial charge is 0.497 e. The fourth-order valence-electron chi connectivity index (χ4n) is 1.81. The van der Waals surface area contributed by atoms with Gasteiger partial charge < -0.3 is 15.8 Å². The molecule has 1 heterocycles. The van der Waals surface area contributed by atoms with Crippen LogP contribution in [0, 0.1) is 6.92 Å². The Bertz CT molecular complexity index is 595. The second-order valence-electron chi connectivity index (χ2n) is 4.13. The summed E-state index contributed by atoms with van der Waals surface area (Å²) in [7, 11) is 1.64. The predicted octanol–water partition coefficient (Wildman–Crippen LogP) is 3.31. The molecule has 6 heteroatoms. The van der Waals surface area contributed by atoms with Crippen molar-refractivity contribution < 1.29 is 4.74 Å². The van der Waals surface area contributed by atoms with Crippen molar-refractivity contribution in [3.05, 3.63) is 28.4 Å². The van der Waals surface area contributed by atoms with Crippen LogP contribution in [0.2, 0.25) is 0 Å². The molecule has 0 aliphatic rings. The Labute approximate surface area is 120 Å². The highest BCUT2D eigenvalue weighted by molar-refractivity contribution is 9.10. The Balaban J connectivity index is 2.41. The van der Waals surface area contributed by atoms with Crippen LogP contribution in [-0.2, 0) is 6.54 Å². The Morgan fingerprint density at radius 2 is 2.21 bits per heavy atom. The monoisotopic (exact) mass is 324 g/mol. The van der Waals surface area contributed by atoms with Crippen LogP contribution in [0.4, 0.5) is 17.2 Å². The number of anilines is 3. The number of rotatable bonds is 4. The van der Waals surface area contributed by atoms with E-state index in [9.17, 15) is 0 Å². The van der Waals surface area contributed by atoms with Crippen molar-refractivity contribution in [2.24, 2.45) is 0 Å². The van der Waals surface area contributed by atoms with Crippen molar-refractivity contribution in [1.82, 2.24) is 9.78 Å². The summed E-state index contributed by atoms with van der Waals surface area (Å²) < 4.78 is 8.01. The molecule has 0 bridgehead atoms. The van der Waals surface area contributed by atoms with Gasteiger partial charge in [0, 0.05) is 17.1 Å². The van der Waals surface area contributed by atoms with E-state index >= 15 is 0 Å². The lowest BCUT2D eigenvalue weighted by atomic mass is 10.3. The SMILES string of the molecule is CCn1nc(C)c(N)c1Nc1cc(OC)ccc1Br. The molecule has 0 aliphatic heterocycles. The Morgan fingerprint density at radius 3 is 2.84 bits per heavy atom. The first-order valence-corrected chi connectivity index (χ1v) is 6.79. The summed E-state index contributed by atoms with van der Waals surface area (Å²) in [6.07, 6.45) is 0. The molecule has 0 spiro atoms. The van der Waals surface area contributed by atoms with E-state index in [0.29, 0.717) is 5.69 Å². The maximum atomic E-state index is 6.06. The highest BCUT2D eigenvalue weighted by Gasteiger charge is 2.13. The summed E-state index contributed by atoms with van der Waals surface area (Å²) in [5.41, 5.74) is 8.43. The third kappa shape index (κ3) is 2.68. The summed E-state index contributed by atoms with van der Waals surface area (Å²) in [4.78, 5) is 0. The molecule has 102 valence electrons. The van der Waals surface area contributed by atoms with E-state index in [1.165, 1.54) is 0 Å². The zero-order valence-electron chi connectivity index (χ0n) is 11.2. The molecule has 1 aromatic carbocycles. The van der Waals surface area contributed by atoms with Crippen molar-refractivity contribution in [3.8, 4) is 5.75 Å². The molecule has 0 saturated carbocycles. The minimum absolute atomic E-state index is 0.663. The minimum atomic E-state index is 0.663. The van der Waals surface area contributed by atoms with Gasteiger partial charge in [0.1, 0.15) is 5.75 Å². The van der Waals surface area contributed by atoms with Crippen LogP contribution in [0.5, 0.6) is 5.75 Å². The Morgan fingerprint density at radius 1 is 1.47 bits per heavy atom. The van der Waals surface area contributed by atoms with Gasteiger partial charge in [-0.05, 0) is 41.9 Å². The molecule has 1 aromatic heterocycles. The quantitative estimate of drug-likeness (QED) is 0.905. The second-order valence-corrected chi connectivity index (χ2v) is 4.99. The number of hydrogen-bond donors (Lipinski definition) is 2. The molecule has 5 nitrogen and oxygen atoms in total. The predicted molar refractivity (Wildman–Crippen MR) is 81.0 cm³/mol. The lowest BCUT2D eigenvalue weighted by Gasteiger charge is -2.12. The topological polar surface area (TPSA) is 65.1 Å². The van der Waals surface area contributed by atoms with Gasteiger partial charge in [-0.3, -0.25) is 0 Å². The fraction of sp³-hybridized carbons (Fsp3) is 0.308. The van der Waals surface area contributed by atoms with Crippen LogP contribution in [0.1, 0.15) is 12.6 Å². The fourth-order valence-corrected chi connectivity index (χ4v) is 2.16. The lowest BCUT2D eigenvalue weighted by molar-refractivity contribution is 0.415. The van der Waals surface area contributed by atoms with Gasteiger partial charge in [0.05, 0.1) is 24.2 Å². The van der Waals surface area contributed by atoms with Crippen LogP contribution in [0.3, 0.4) is 0 Å². The lowest BCUT2D eigenvalue weighted by Crippen LogP contribution is -2.04. The van der Waals surface area contributed by atoms with E-state index in [1.54, 1.807) is 7.11 Å². The molecule has 0 amide bonds. The molecular weight excluding hydrogens is 308 g/mol. The number of nitrogen functional groups attached to an aromatic ring is 1. The van der Waals surface area contributed by atoms with Gasteiger partial charge in [0.15, 0.2) is 5.82 Å². The number of halogens is 1.